The Hall–Kier alpha value is -4.61. The standard InChI is InChI=1S/C30H37N3O9/c1-30(2,3)42-26(36)18-32-14-15-33(24(28(32)38)17-25(35)40-4)27(37)23(16-20-10-12-22(34)13-11-20)31-29(39)41-19-21-8-6-5-7-9-21/h5-13,23-24,34H,14-19H2,1-4H3,(H,31,39)/t23-,24-/m0/s1. The van der Waals surface area contributed by atoms with Crippen molar-refractivity contribution in [3.63, 3.8) is 0 Å². The average molecular weight is 584 g/mol. The molecule has 1 heterocycles. The molecule has 2 N–H and O–H groups in total. The fourth-order valence-corrected chi connectivity index (χ4v) is 4.40. The van der Waals surface area contributed by atoms with Crippen molar-refractivity contribution in [3.8, 4) is 5.75 Å². The van der Waals surface area contributed by atoms with Gasteiger partial charge in [-0.25, -0.2) is 4.79 Å². The summed E-state index contributed by atoms with van der Waals surface area (Å²) in [5, 5.41) is 12.3. The van der Waals surface area contributed by atoms with E-state index in [4.69, 9.17) is 14.2 Å². The predicted molar refractivity (Wildman–Crippen MR) is 150 cm³/mol. The van der Waals surface area contributed by atoms with Crippen LogP contribution >= 0.6 is 0 Å². The first-order valence-electron chi connectivity index (χ1n) is 13.5. The number of benzene rings is 2. The van der Waals surface area contributed by atoms with Gasteiger partial charge >= 0.3 is 18.0 Å². The molecule has 226 valence electrons. The normalized spacial score (nSPS) is 15.9. The van der Waals surface area contributed by atoms with Crippen molar-refractivity contribution >= 4 is 29.8 Å². The lowest BCUT2D eigenvalue weighted by molar-refractivity contribution is -0.164. The summed E-state index contributed by atoms with van der Waals surface area (Å²) >= 11 is 0. The maximum atomic E-state index is 13.9. The predicted octanol–water partition coefficient (Wildman–Crippen LogP) is 2.17. The van der Waals surface area contributed by atoms with Crippen molar-refractivity contribution in [3.05, 3.63) is 65.7 Å². The highest BCUT2D eigenvalue weighted by atomic mass is 16.6. The molecule has 0 unspecified atom stereocenters. The molecule has 0 aromatic heterocycles. The Morgan fingerprint density at radius 2 is 1.64 bits per heavy atom. The van der Waals surface area contributed by atoms with Crippen LogP contribution in [-0.2, 0) is 46.4 Å². The number of phenols is 1. The van der Waals surface area contributed by atoms with Gasteiger partial charge in [0.25, 0.3) is 0 Å². The molecule has 42 heavy (non-hydrogen) atoms. The third-order valence-electron chi connectivity index (χ3n) is 6.37. The number of ether oxygens (including phenoxy) is 3. The SMILES string of the molecule is COC(=O)C[C@H]1C(=O)N(CC(=O)OC(C)(C)C)CCN1C(=O)[C@H](Cc1ccc(O)cc1)NC(=O)OCc1ccccc1. The number of aromatic hydroxyl groups is 1. The largest absolute Gasteiger partial charge is 0.508 e. The van der Waals surface area contributed by atoms with Gasteiger partial charge in [-0.05, 0) is 44.0 Å². The lowest BCUT2D eigenvalue weighted by atomic mass is 10.0. The second-order valence-corrected chi connectivity index (χ2v) is 10.8. The highest BCUT2D eigenvalue weighted by Crippen LogP contribution is 2.20. The van der Waals surface area contributed by atoms with Crippen molar-refractivity contribution in [2.24, 2.45) is 0 Å². The zero-order valence-corrected chi connectivity index (χ0v) is 24.2. The Kier molecular flexibility index (Phi) is 10.9. The lowest BCUT2D eigenvalue weighted by Crippen LogP contribution is -2.63. The van der Waals surface area contributed by atoms with E-state index in [0.29, 0.717) is 5.56 Å². The first kappa shape index (κ1) is 31.9. The fourth-order valence-electron chi connectivity index (χ4n) is 4.40. The molecule has 2 atom stereocenters. The van der Waals surface area contributed by atoms with E-state index in [1.54, 1.807) is 57.2 Å². The minimum atomic E-state index is -1.27. The molecule has 1 aliphatic rings. The van der Waals surface area contributed by atoms with E-state index >= 15 is 0 Å². The number of amides is 3. The highest BCUT2D eigenvalue weighted by Gasteiger charge is 2.42. The van der Waals surface area contributed by atoms with Crippen LogP contribution in [0, 0.1) is 0 Å². The highest BCUT2D eigenvalue weighted by molar-refractivity contribution is 5.95. The fraction of sp³-hybridized carbons (Fsp3) is 0.433. The quantitative estimate of drug-likeness (QED) is 0.317. The molecule has 0 radical (unpaired) electrons. The molecule has 1 fully saturated rings. The molecule has 12 heteroatoms. The van der Waals surface area contributed by atoms with E-state index in [0.717, 1.165) is 12.7 Å². The number of carbonyl (C=O) groups is 5. The molecular formula is C30H37N3O9. The van der Waals surface area contributed by atoms with Gasteiger partial charge in [-0.1, -0.05) is 42.5 Å². The van der Waals surface area contributed by atoms with E-state index in [9.17, 15) is 29.1 Å². The summed E-state index contributed by atoms with van der Waals surface area (Å²) in [6.07, 6.45) is -1.29. The average Bonchev–Trinajstić information content (AvgIpc) is 2.94. The molecular weight excluding hydrogens is 546 g/mol. The van der Waals surface area contributed by atoms with Crippen LogP contribution in [0.25, 0.3) is 0 Å². The monoisotopic (exact) mass is 583 g/mol. The van der Waals surface area contributed by atoms with Gasteiger partial charge in [-0.3, -0.25) is 19.2 Å². The Morgan fingerprint density at radius 3 is 2.26 bits per heavy atom. The maximum Gasteiger partial charge on any atom is 0.408 e. The smallest absolute Gasteiger partial charge is 0.408 e. The molecule has 1 saturated heterocycles. The lowest BCUT2D eigenvalue weighted by Gasteiger charge is -2.41. The molecule has 1 aliphatic heterocycles. The number of alkyl carbamates (subject to hydrolysis) is 1. The zero-order chi connectivity index (χ0) is 30.9. The van der Waals surface area contributed by atoms with Crippen LogP contribution in [0.5, 0.6) is 5.75 Å². The summed E-state index contributed by atoms with van der Waals surface area (Å²) in [7, 11) is 1.16. The molecule has 0 saturated carbocycles. The molecule has 0 bridgehead atoms. The van der Waals surface area contributed by atoms with Gasteiger partial charge in [0.1, 0.15) is 36.6 Å². The van der Waals surface area contributed by atoms with Crippen LogP contribution in [-0.4, -0.2) is 89.2 Å². The van der Waals surface area contributed by atoms with Gasteiger partial charge in [0, 0.05) is 19.5 Å². The van der Waals surface area contributed by atoms with Gasteiger partial charge in [-0.15, -0.1) is 0 Å². The summed E-state index contributed by atoms with van der Waals surface area (Å²) in [6.45, 7) is 4.73. The number of hydrogen-bond donors (Lipinski definition) is 2. The van der Waals surface area contributed by atoms with Gasteiger partial charge in [0.15, 0.2) is 0 Å². The molecule has 3 amide bonds. The van der Waals surface area contributed by atoms with Crippen LogP contribution in [0.4, 0.5) is 4.79 Å². The van der Waals surface area contributed by atoms with Crippen LogP contribution in [0.2, 0.25) is 0 Å². The molecule has 2 aromatic rings. The number of nitrogens with one attached hydrogen (secondary N) is 1. The van der Waals surface area contributed by atoms with Crippen LogP contribution in [0.3, 0.4) is 0 Å². The zero-order valence-electron chi connectivity index (χ0n) is 24.2. The topological polar surface area (TPSA) is 152 Å². The Labute approximate surface area is 244 Å². The second-order valence-electron chi connectivity index (χ2n) is 10.8. The molecule has 0 aliphatic carbocycles. The minimum Gasteiger partial charge on any atom is -0.508 e. The molecule has 2 aromatic carbocycles. The molecule has 0 spiro atoms. The van der Waals surface area contributed by atoms with E-state index in [1.807, 2.05) is 6.07 Å². The summed E-state index contributed by atoms with van der Waals surface area (Å²) in [6, 6.07) is 12.6. The van der Waals surface area contributed by atoms with Crippen LogP contribution in [0.15, 0.2) is 54.6 Å². The van der Waals surface area contributed by atoms with Crippen molar-refractivity contribution in [2.45, 2.75) is 57.9 Å². The van der Waals surface area contributed by atoms with Crippen LogP contribution < -0.4 is 5.32 Å². The van der Waals surface area contributed by atoms with Gasteiger partial charge in [-0.2, -0.15) is 0 Å². The molecule has 12 nitrogen and oxygen atoms in total. The van der Waals surface area contributed by atoms with Gasteiger partial charge in [0.2, 0.25) is 11.8 Å². The third-order valence-corrected chi connectivity index (χ3v) is 6.37. The van der Waals surface area contributed by atoms with E-state index in [1.165, 1.54) is 21.9 Å². The first-order valence-corrected chi connectivity index (χ1v) is 13.5. The Bertz CT molecular complexity index is 1260. The van der Waals surface area contributed by atoms with Crippen molar-refractivity contribution < 1.29 is 43.3 Å². The van der Waals surface area contributed by atoms with Gasteiger partial charge < -0.3 is 34.4 Å². The molecule has 3 rings (SSSR count). The first-order chi connectivity index (χ1) is 19.9. The summed E-state index contributed by atoms with van der Waals surface area (Å²) in [4.78, 5) is 67.3. The van der Waals surface area contributed by atoms with Gasteiger partial charge in [0.05, 0.1) is 13.5 Å². The third kappa shape index (κ3) is 9.50. The van der Waals surface area contributed by atoms with E-state index in [-0.39, 0.29) is 38.4 Å². The maximum absolute atomic E-state index is 13.9. The number of rotatable bonds is 10. The van der Waals surface area contributed by atoms with Crippen molar-refractivity contribution in [1.29, 1.82) is 0 Å². The number of phenolic OH excluding ortho intramolecular Hbond substituents is 1. The number of hydrogen-bond acceptors (Lipinski definition) is 9. The van der Waals surface area contributed by atoms with Crippen molar-refractivity contribution in [2.75, 3.05) is 26.7 Å². The Balaban J connectivity index is 1.81. The number of nitrogens with zero attached hydrogens (tertiary/aromatic N) is 2. The minimum absolute atomic E-state index is 0.00583. The van der Waals surface area contributed by atoms with Crippen LogP contribution in [0.1, 0.15) is 38.3 Å². The summed E-state index contributed by atoms with van der Waals surface area (Å²) < 4.78 is 15.4. The van der Waals surface area contributed by atoms with E-state index in [2.05, 4.69) is 5.32 Å². The number of carbonyl (C=O) groups excluding carboxylic acids is 5. The van der Waals surface area contributed by atoms with Crippen molar-refractivity contribution in [1.82, 2.24) is 15.1 Å². The number of esters is 2. The second kappa shape index (κ2) is 14.3. The number of piperazine rings is 1. The summed E-state index contributed by atoms with van der Waals surface area (Å²) in [5.41, 5.74) is 0.610. The summed E-state index contributed by atoms with van der Waals surface area (Å²) in [5.74, 6) is -2.57. The number of methoxy groups -OCH3 is 1. The Morgan fingerprint density at radius 1 is 0.976 bits per heavy atom. The van der Waals surface area contributed by atoms with E-state index < -0.39 is 54.0 Å².